The molecule has 0 saturated carbocycles. The van der Waals surface area contributed by atoms with Gasteiger partial charge in [-0.05, 0) is 42.8 Å². The zero-order chi connectivity index (χ0) is 13.7. The number of nitrogens with zero attached hydrogens (tertiary/aromatic N) is 2. The third-order valence-electron chi connectivity index (χ3n) is 3.19. The molecular formula is C13H17FN2O2S. The molecule has 6 heteroatoms. The van der Waals surface area contributed by atoms with Crippen LogP contribution in [0, 0.1) is 11.9 Å². The highest BCUT2D eigenvalue weighted by atomic mass is 32.2. The van der Waals surface area contributed by atoms with E-state index in [0.29, 0.717) is 12.3 Å². The Balaban J connectivity index is 1.77. The number of ether oxygens (including phenoxy) is 1. The van der Waals surface area contributed by atoms with Crippen LogP contribution in [-0.2, 0) is 9.53 Å². The summed E-state index contributed by atoms with van der Waals surface area (Å²) in [6.45, 7) is 1.84. The smallest absolute Gasteiger partial charge is 0.305 e. The van der Waals surface area contributed by atoms with Gasteiger partial charge in [-0.2, -0.15) is 4.39 Å². The molecule has 0 N–H and O–H groups in total. The van der Waals surface area contributed by atoms with E-state index in [1.54, 1.807) is 24.2 Å². The van der Waals surface area contributed by atoms with Crippen LogP contribution in [0.25, 0.3) is 0 Å². The Kier molecular flexibility index (Phi) is 5.15. The fourth-order valence-corrected chi connectivity index (χ4v) is 3.01. The lowest BCUT2D eigenvalue weighted by molar-refractivity contribution is -0.142. The van der Waals surface area contributed by atoms with Crippen molar-refractivity contribution in [2.75, 3.05) is 20.2 Å². The maximum atomic E-state index is 12.7. The molecule has 1 saturated heterocycles. The topological polar surface area (TPSA) is 42.4 Å². The summed E-state index contributed by atoms with van der Waals surface area (Å²) in [6, 6.07) is 3.10. The lowest BCUT2D eigenvalue weighted by Gasteiger charge is -2.30. The number of carbonyl (C=O) groups is 1. The van der Waals surface area contributed by atoms with Crippen LogP contribution in [0.5, 0.6) is 0 Å². The lowest BCUT2D eigenvalue weighted by Crippen LogP contribution is -2.29. The van der Waals surface area contributed by atoms with E-state index in [1.807, 2.05) is 0 Å². The third-order valence-corrected chi connectivity index (χ3v) is 4.27. The van der Waals surface area contributed by atoms with E-state index in [2.05, 4.69) is 14.0 Å². The van der Waals surface area contributed by atoms with Gasteiger partial charge >= 0.3 is 5.97 Å². The monoisotopic (exact) mass is 284 g/mol. The van der Waals surface area contributed by atoms with Crippen molar-refractivity contribution in [2.24, 2.45) is 5.92 Å². The van der Waals surface area contributed by atoms with Gasteiger partial charge in [-0.25, -0.2) is 9.29 Å². The quantitative estimate of drug-likeness (QED) is 0.483. The summed E-state index contributed by atoms with van der Waals surface area (Å²) >= 11 is 1.59. The van der Waals surface area contributed by atoms with Gasteiger partial charge < -0.3 is 4.74 Å². The van der Waals surface area contributed by atoms with Gasteiger partial charge in [-0.1, -0.05) is 0 Å². The molecule has 1 aliphatic heterocycles. The SMILES string of the molecule is COC(=O)CC1CCN(Sc2ccc(F)nc2)CC1. The molecular weight excluding hydrogens is 267 g/mol. The normalized spacial score (nSPS) is 17.4. The van der Waals surface area contributed by atoms with Crippen molar-refractivity contribution in [3.8, 4) is 0 Å². The lowest BCUT2D eigenvalue weighted by atomic mass is 9.95. The van der Waals surface area contributed by atoms with Gasteiger partial charge in [-0.15, -0.1) is 0 Å². The molecule has 19 heavy (non-hydrogen) atoms. The second-order valence-corrected chi connectivity index (χ2v) is 5.73. The van der Waals surface area contributed by atoms with E-state index >= 15 is 0 Å². The number of carbonyl (C=O) groups excluding carboxylic acids is 1. The Hall–Kier alpha value is -1.14. The molecule has 1 fully saturated rings. The summed E-state index contributed by atoms with van der Waals surface area (Å²) in [6.07, 6.45) is 4.01. The molecule has 4 nitrogen and oxygen atoms in total. The summed E-state index contributed by atoms with van der Waals surface area (Å²) in [4.78, 5) is 15.8. The van der Waals surface area contributed by atoms with Gasteiger partial charge in [0.15, 0.2) is 0 Å². The standard InChI is InChI=1S/C13H17FN2O2S/c1-18-13(17)8-10-4-6-16(7-5-10)19-11-2-3-12(14)15-9-11/h2-3,9-10H,4-8H2,1H3. The van der Waals surface area contributed by atoms with E-state index in [1.165, 1.54) is 13.2 Å². The number of halogens is 1. The Bertz CT molecular complexity index is 419. The Morgan fingerprint density at radius 1 is 1.53 bits per heavy atom. The Morgan fingerprint density at radius 2 is 2.26 bits per heavy atom. The average Bonchev–Trinajstić information content (AvgIpc) is 2.43. The van der Waals surface area contributed by atoms with Crippen molar-refractivity contribution in [3.63, 3.8) is 0 Å². The molecule has 1 aliphatic rings. The third kappa shape index (κ3) is 4.47. The minimum absolute atomic E-state index is 0.131. The maximum absolute atomic E-state index is 12.7. The molecule has 1 aromatic rings. The van der Waals surface area contributed by atoms with E-state index in [9.17, 15) is 9.18 Å². The van der Waals surface area contributed by atoms with Crippen molar-refractivity contribution in [2.45, 2.75) is 24.2 Å². The van der Waals surface area contributed by atoms with Gasteiger partial charge in [-0.3, -0.25) is 4.79 Å². The summed E-state index contributed by atoms with van der Waals surface area (Å²) in [5, 5.41) is 0. The fourth-order valence-electron chi connectivity index (χ4n) is 2.09. The second kappa shape index (κ2) is 6.86. The van der Waals surface area contributed by atoms with Crippen LogP contribution in [0.15, 0.2) is 23.2 Å². The molecule has 0 bridgehead atoms. The number of hydrogen-bond acceptors (Lipinski definition) is 5. The van der Waals surface area contributed by atoms with E-state index in [0.717, 1.165) is 30.8 Å². The van der Waals surface area contributed by atoms with Crippen LogP contribution in [0.2, 0.25) is 0 Å². The summed E-state index contributed by atoms with van der Waals surface area (Å²) < 4.78 is 19.6. The first-order valence-electron chi connectivity index (χ1n) is 6.28. The predicted octanol–water partition coefficient (Wildman–Crippen LogP) is 2.50. The molecule has 0 spiro atoms. The molecule has 0 atom stereocenters. The largest absolute Gasteiger partial charge is 0.469 e. The molecule has 0 amide bonds. The summed E-state index contributed by atoms with van der Waals surface area (Å²) in [5.41, 5.74) is 0. The first kappa shape index (κ1) is 14.3. The highest BCUT2D eigenvalue weighted by molar-refractivity contribution is 7.97. The Morgan fingerprint density at radius 3 is 2.84 bits per heavy atom. The number of pyridine rings is 1. The zero-order valence-electron chi connectivity index (χ0n) is 10.8. The van der Waals surface area contributed by atoms with Gasteiger partial charge in [0, 0.05) is 30.6 Å². The van der Waals surface area contributed by atoms with Crippen LogP contribution in [-0.4, -0.2) is 35.5 Å². The number of rotatable bonds is 4. The van der Waals surface area contributed by atoms with Crippen LogP contribution < -0.4 is 0 Å². The average molecular weight is 284 g/mol. The van der Waals surface area contributed by atoms with Gasteiger partial charge in [0.05, 0.1) is 7.11 Å². The fraction of sp³-hybridized carbons (Fsp3) is 0.538. The van der Waals surface area contributed by atoms with Gasteiger partial charge in [0.25, 0.3) is 0 Å². The molecule has 2 rings (SSSR count). The minimum atomic E-state index is -0.457. The van der Waals surface area contributed by atoms with Crippen molar-refractivity contribution < 1.29 is 13.9 Å². The van der Waals surface area contributed by atoms with Crippen molar-refractivity contribution in [1.82, 2.24) is 9.29 Å². The number of aromatic nitrogens is 1. The molecule has 0 aliphatic carbocycles. The number of esters is 1. The zero-order valence-corrected chi connectivity index (χ0v) is 11.7. The highest BCUT2D eigenvalue weighted by Gasteiger charge is 2.22. The predicted molar refractivity (Wildman–Crippen MR) is 71.0 cm³/mol. The summed E-state index contributed by atoms with van der Waals surface area (Å²) in [7, 11) is 1.43. The van der Waals surface area contributed by atoms with Crippen LogP contribution in [0.1, 0.15) is 19.3 Å². The van der Waals surface area contributed by atoms with Crippen LogP contribution in [0.4, 0.5) is 4.39 Å². The molecule has 104 valence electrons. The molecule has 1 aromatic heterocycles. The van der Waals surface area contributed by atoms with Crippen molar-refractivity contribution in [1.29, 1.82) is 0 Å². The molecule has 0 aromatic carbocycles. The van der Waals surface area contributed by atoms with E-state index < -0.39 is 5.95 Å². The van der Waals surface area contributed by atoms with Gasteiger partial charge in [0.2, 0.25) is 5.95 Å². The highest BCUT2D eigenvalue weighted by Crippen LogP contribution is 2.29. The Labute approximate surface area is 116 Å². The maximum Gasteiger partial charge on any atom is 0.305 e. The second-order valence-electron chi connectivity index (χ2n) is 4.56. The number of hydrogen-bond donors (Lipinski definition) is 0. The molecule has 0 radical (unpaired) electrons. The molecule has 0 unspecified atom stereocenters. The summed E-state index contributed by atoms with van der Waals surface area (Å²) in [5.74, 6) is -0.175. The number of piperidine rings is 1. The number of methoxy groups -OCH3 is 1. The van der Waals surface area contributed by atoms with Crippen molar-refractivity contribution >= 4 is 17.9 Å². The van der Waals surface area contributed by atoms with Crippen LogP contribution in [0.3, 0.4) is 0 Å². The molecule has 2 heterocycles. The van der Waals surface area contributed by atoms with Gasteiger partial charge in [0.1, 0.15) is 0 Å². The van der Waals surface area contributed by atoms with E-state index in [-0.39, 0.29) is 5.97 Å². The first-order chi connectivity index (χ1) is 9.17. The van der Waals surface area contributed by atoms with Crippen molar-refractivity contribution in [3.05, 3.63) is 24.3 Å². The van der Waals surface area contributed by atoms with E-state index in [4.69, 9.17) is 0 Å². The first-order valence-corrected chi connectivity index (χ1v) is 7.06. The minimum Gasteiger partial charge on any atom is -0.469 e. The van der Waals surface area contributed by atoms with Crippen LogP contribution >= 0.6 is 11.9 Å².